The Labute approximate surface area is 336 Å². The van der Waals surface area contributed by atoms with Crippen molar-refractivity contribution in [1.82, 2.24) is 14.9 Å². The lowest BCUT2D eigenvalue weighted by molar-refractivity contribution is 0.0916. The number of halogens is 5. The summed E-state index contributed by atoms with van der Waals surface area (Å²) in [7, 11) is 1.56. The van der Waals surface area contributed by atoms with Crippen LogP contribution in [0.1, 0.15) is 92.0 Å². The monoisotopic (exact) mass is 807 g/mol. The predicted octanol–water partition coefficient (Wildman–Crippen LogP) is 12.2. The lowest BCUT2D eigenvalue weighted by Crippen LogP contribution is -2.38. The van der Waals surface area contributed by atoms with E-state index in [1.807, 2.05) is 42.7 Å². The molecule has 55 heavy (non-hydrogen) atoms. The van der Waals surface area contributed by atoms with Gasteiger partial charge < -0.3 is 10.1 Å². The van der Waals surface area contributed by atoms with Crippen LogP contribution in [-0.2, 0) is 17.6 Å². The summed E-state index contributed by atoms with van der Waals surface area (Å²) < 4.78 is 50.5. The molecule has 3 atom stereocenters. The summed E-state index contributed by atoms with van der Waals surface area (Å²) in [4.78, 5) is 18.1. The van der Waals surface area contributed by atoms with Gasteiger partial charge in [0.2, 0.25) is 0 Å². The van der Waals surface area contributed by atoms with Gasteiger partial charge in [-0.15, -0.1) is 0 Å². The van der Waals surface area contributed by atoms with Crippen molar-refractivity contribution >= 4 is 40.9 Å². The molecule has 0 aliphatic heterocycles. The zero-order chi connectivity index (χ0) is 39.3. The molecule has 11 heteroatoms. The Balaban J connectivity index is 1.12. The highest BCUT2D eigenvalue weighted by Crippen LogP contribution is 2.40. The molecule has 3 unspecified atom stereocenters. The van der Waals surface area contributed by atoms with Gasteiger partial charge in [-0.05, 0) is 116 Å². The fraction of sp³-hybridized carbons (Fsp3) is 0.364. The molecule has 1 N–H and O–H groups in total. The van der Waals surface area contributed by atoms with Crippen LogP contribution < -0.4 is 10.1 Å². The second-order valence-electron chi connectivity index (χ2n) is 15.1. The molecule has 0 radical (unpaired) electrons. The maximum atomic E-state index is 15.8. The molecule has 0 spiro atoms. The molecule has 0 saturated heterocycles. The van der Waals surface area contributed by atoms with E-state index in [-0.39, 0.29) is 45.5 Å². The Bertz CT molecular complexity index is 2080. The molecular weight excluding hydrogens is 762 g/mol. The molecule has 4 aromatic carbocycles. The Hall–Kier alpha value is -3.92. The van der Waals surface area contributed by atoms with Gasteiger partial charge in [-0.1, -0.05) is 86.8 Å². The van der Waals surface area contributed by atoms with Crippen molar-refractivity contribution < 1.29 is 22.7 Å². The first kappa shape index (κ1) is 40.7. The van der Waals surface area contributed by atoms with E-state index in [1.165, 1.54) is 48.2 Å². The van der Waals surface area contributed by atoms with E-state index in [1.54, 1.807) is 31.5 Å². The fourth-order valence-electron chi connectivity index (χ4n) is 7.58. The number of nitrogens with zero attached hydrogens (tertiary/aromatic N) is 2. The molecule has 1 saturated carbocycles. The maximum absolute atomic E-state index is 15.8. The van der Waals surface area contributed by atoms with Gasteiger partial charge in [0, 0.05) is 39.0 Å². The van der Waals surface area contributed by atoms with E-state index in [0.717, 1.165) is 61.8 Å². The van der Waals surface area contributed by atoms with Gasteiger partial charge in [-0.25, -0.2) is 18.2 Å². The molecule has 0 bridgehead atoms. The van der Waals surface area contributed by atoms with E-state index >= 15 is 4.39 Å². The number of hydrogen-bond donors (Lipinski definition) is 1. The summed E-state index contributed by atoms with van der Waals surface area (Å²) in [6.45, 7) is 6.35. The molecule has 1 aliphatic carbocycles. The Morgan fingerprint density at radius 2 is 1.69 bits per heavy atom. The standard InChI is InChI=1S/C44H46Cl2F3N3O2S/c1-27(8-9-28-10-13-32(47)14-11-28)20-29-6-5-7-34(21-29)51-42(53)30-22-38(46)36(39(49)23-30)26-55-43-50-25-41(52(43)35-17-15-33(48)16-18-35)44(2,3)31-12-19-37(45)40(24-31)54-4/h10-19,22-25,27,29,34H,5-9,20-21,26H2,1-4H3,(H,51,53). The number of aryl methyl sites for hydroxylation is 1. The van der Waals surface area contributed by atoms with E-state index in [9.17, 15) is 13.6 Å². The maximum Gasteiger partial charge on any atom is 0.251 e. The number of benzene rings is 4. The smallest absolute Gasteiger partial charge is 0.251 e. The third kappa shape index (κ3) is 9.91. The molecule has 1 aliphatic rings. The lowest BCUT2D eigenvalue weighted by atomic mass is 9.79. The first-order chi connectivity index (χ1) is 26.3. The van der Waals surface area contributed by atoms with Gasteiger partial charge in [-0.2, -0.15) is 0 Å². The van der Waals surface area contributed by atoms with Crippen LogP contribution in [0.15, 0.2) is 90.2 Å². The SMILES string of the molecule is COc1cc(C(C)(C)c2cnc(SCc3c(F)cc(C(=O)NC4CCCC(CC(C)CCc5ccc(F)cc5)C4)cc3Cl)n2-c2ccc(F)cc2)ccc1Cl. The number of ether oxygens (including phenoxy) is 1. The number of imidazole rings is 1. The number of methoxy groups -OCH3 is 1. The van der Waals surface area contributed by atoms with Crippen molar-refractivity contribution in [1.29, 1.82) is 0 Å². The minimum absolute atomic E-state index is 0.00495. The Kier molecular flexibility index (Phi) is 13.3. The van der Waals surface area contributed by atoms with Gasteiger partial charge in [-0.3, -0.25) is 9.36 Å². The summed E-state index contributed by atoms with van der Waals surface area (Å²) in [5.74, 6) is 0.175. The van der Waals surface area contributed by atoms with Crippen LogP contribution >= 0.6 is 35.0 Å². The van der Waals surface area contributed by atoms with Gasteiger partial charge in [0.1, 0.15) is 23.2 Å². The number of rotatable bonds is 14. The van der Waals surface area contributed by atoms with Crippen LogP contribution in [0.5, 0.6) is 5.75 Å². The first-order valence-electron chi connectivity index (χ1n) is 18.7. The number of hydrogen-bond acceptors (Lipinski definition) is 4. The fourth-order valence-corrected chi connectivity index (χ4v) is 9.15. The average Bonchev–Trinajstić information content (AvgIpc) is 3.59. The Morgan fingerprint density at radius 1 is 0.982 bits per heavy atom. The first-order valence-corrected chi connectivity index (χ1v) is 20.4. The summed E-state index contributed by atoms with van der Waals surface area (Å²) in [6.07, 6.45) is 8.66. The molecule has 1 heterocycles. The number of carbonyl (C=O) groups is 1. The summed E-state index contributed by atoms with van der Waals surface area (Å²) >= 11 is 14.3. The normalized spacial score (nSPS) is 16.5. The minimum atomic E-state index is -0.599. The van der Waals surface area contributed by atoms with Crippen molar-refractivity contribution in [2.75, 3.05) is 7.11 Å². The highest BCUT2D eigenvalue weighted by atomic mass is 35.5. The zero-order valence-corrected chi connectivity index (χ0v) is 33.8. The zero-order valence-electron chi connectivity index (χ0n) is 31.5. The van der Waals surface area contributed by atoms with Crippen LogP contribution in [0.4, 0.5) is 13.2 Å². The van der Waals surface area contributed by atoms with Crippen LogP contribution in [0, 0.1) is 29.3 Å². The lowest BCUT2D eigenvalue weighted by Gasteiger charge is -2.31. The second-order valence-corrected chi connectivity index (χ2v) is 16.9. The van der Waals surface area contributed by atoms with Crippen molar-refractivity contribution in [2.45, 2.75) is 88.1 Å². The highest BCUT2D eigenvalue weighted by Gasteiger charge is 2.31. The van der Waals surface area contributed by atoms with E-state index < -0.39 is 11.2 Å². The molecule has 6 rings (SSSR count). The van der Waals surface area contributed by atoms with E-state index in [2.05, 4.69) is 12.2 Å². The third-order valence-corrected chi connectivity index (χ3v) is 12.4. The summed E-state index contributed by atoms with van der Waals surface area (Å²) in [6, 6.07) is 21.2. The van der Waals surface area contributed by atoms with Crippen molar-refractivity contribution in [3.8, 4) is 11.4 Å². The number of amides is 1. The van der Waals surface area contributed by atoms with Crippen LogP contribution in [-0.4, -0.2) is 28.6 Å². The van der Waals surface area contributed by atoms with Gasteiger partial charge in [0.25, 0.3) is 5.91 Å². The topological polar surface area (TPSA) is 56.1 Å². The molecule has 290 valence electrons. The number of thioether (sulfide) groups is 1. The minimum Gasteiger partial charge on any atom is -0.495 e. The Morgan fingerprint density at radius 3 is 2.38 bits per heavy atom. The van der Waals surface area contributed by atoms with Crippen LogP contribution in [0.25, 0.3) is 5.69 Å². The molecular formula is C44H46Cl2F3N3O2S. The molecule has 5 aromatic rings. The molecule has 5 nitrogen and oxygen atoms in total. The molecule has 1 fully saturated rings. The van der Waals surface area contributed by atoms with Gasteiger partial charge >= 0.3 is 0 Å². The quantitative estimate of drug-likeness (QED) is 0.114. The predicted molar refractivity (Wildman–Crippen MR) is 216 cm³/mol. The van der Waals surface area contributed by atoms with E-state index in [4.69, 9.17) is 32.9 Å². The van der Waals surface area contributed by atoms with Crippen LogP contribution in [0.2, 0.25) is 10.0 Å². The largest absolute Gasteiger partial charge is 0.495 e. The summed E-state index contributed by atoms with van der Waals surface area (Å²) in [5.41, 5.74) is 3.40. The van der Waals surface area contributed by atoms with Gasteiger partial charge in [0.15, 0.2) is 5.16 Å². The average molecular weight is 809 g/mol. The molecule has 1 aromatic heterocycles. The van der Waals surface area contributed by atoms with Crippen LogP contribution in [0.3, 0.4) is 0 Å². The van der Waals surface area contributed by atoms with Gasteiger partial charge in [0.05, 0.1) is 24.0 Å². The number of aromatic nitrogens is 2. The number of nitrogens with one attached hydrogen (secondary N) is 1. The van der Waals surface area contributed by atoms with Crippen molar-refractivity contribution in [3.63, 3.8) is 0 Å². The van der Waals surface area contributed by atoms with Crippen molar-refractivity contribution in [3.05, 3.63) is 141 Å². The van der Waals surface area contributed by atoms with Crippen molar-refractivity contribution in [2.24, 2.45) is 11.8 Å². The number of carbonyl (C=O) groups excluding carboxylic acids is 1. The molecule has 1 amide bonds. The highest BCUT2D eigenvalue weighted by molar-refractivity contribution is 7.98. The van der Waals surface area contributed by atoms with E-state index in [0.29, 0.717) is 33.5 Å². The second kappa shape index (κ2) is 17.9. The summed E-state index contributed by atoms with van der Waals surface area (Å²) in [5, 5.41) is 4.35. The third-order valence-electron chi connectivity index (χ3n) is 10.8.